The van der Waals surface area contributed by atoms with Gasteiger partial charge in [0.15, 0.2) is 5.96 Å². The molecule has 3 rings (SSSR count). The minimum absolute atomic E-state index is 0.248. The van der Waals surface area contributed by atoms with Crippen LogP contribution in [0.1, 0.15) is 29.4 Å². The summed E-state index contributed by atoms with van der Waals surface area (Å²) in [6.45, 7) is 10.1. The lowest BCUT2D eigenvalue weighted by Crippen LogP contribution is -2.41. The zero-order valence-corrected chi connectivity index (χ0v) is 17.5. The first-order valence-electron chi connectivity index (χ1n) is 9.73. The second-order valence-corrected chi connectivity index (χ2v) is 7.20. The van der Waals surface area contributed by atoms with Gasteiger partial charge in [-0.1, -0.05) is 6.07 Å². The summed E-state index contributed by atoms with van der Waals surface area (Å²) < 4.78 is 7.50. The number of hydrogen-bond donors (Lipinski definition) is 2. The number of aliphatic imine (C=N–C) groups is 1. The summed E-state index contributed by atoms with van der Waals surface area (Å²) in [6, 6.07) is 4.19. The van der Waals surface area contributed by atoms with Crippen LogP contribution in [0.4, 0.5) is 5.82 Å². The number of anilines is 1. The Morgan fingerprint density at radius 1 is 1.29 bits per heavy atom. The fourth-order valence-electron chi connectivity index (χ4n) is 3.39. The number of aryl methyl sites for hydroxylation is 2. The molecule has 0 spiro atoms. The Labute approximate surface area is 167 Å². The van der Waals surface area contributed by atoms with Gasteiger partial charge in [-0.05, 0) is 32.4 Å². The molecule has 28 heavy (non-hydrogen) atoms. The maximum atomic E-state index is 5.60. The standard InChI is InChI=1S/C20H31N7O/c1-14-13-27(8-9-28-14)19-7-6-17(10-22-19)11-23-20(21-4)24-12-18-15(2)25-26(5)16(18)3/h6-7,10,14H,8-9,11-13H2,1-5H3,(H2,21,23,24). The van der Waals surface area contributed by atoms with Gasteiger partial charge in [-0.25, -0.2) is 4.98 Å². The molecule has 8 nitrogen and oxygen atoms in total. The normalized spacial score (nSPS) is 17.7. The van der Waals surface area contributed by atoms with E-state index in [2.05, 4.69) is 56.6 Å². The Morgan fingerprint density at radius 3 is 2.68 bits per heavy atom. The molecule has 1 saturated heterocycles. The van der Waals surface area contributed by atoms with E-state index in [9.17, 15) is 0 Å². The Kier molecular flexibility index (Phi) is 6.51. The number of nitrogens with one attached hydrogen (secondary N) is 2. The first-order chi connectivity index (χ1) is 13.5. The Balaban J connectivity index is 1.52. The molecule has 1 aliphatic heterocycles. The molecule has 0 aliphatic carbocycles. The molecule has 0 bridgehead atoms. The minimum atomic E-state index is 0.248. The first-order valence-corrected chi connectivity index (χ1v) is 9.73. The molecule has 1 unspecified atom stereocenters. The zero-order valence-electron chi connectivity index (χ0n) is 17.5. The minimum Gasteiger partial charge on any atom is -0.375 e. The van der Waals surface area contributed by atoms with Crippen LogP contribution in [0, 0.1) is 13.8 Å². The number of aromatic nitrogens is 3. The summed E-state index contributed by atoms with van der Waals surface area (Å²) in [5.74, 6) is 1.76. The van der Waals surface area contributed by atoms with Crippen LogP contribution in [-0.2, 0) is 24.9 Å². The van der Waals surface area contributed by atoms with Crippen LogP contribution in [0.25, 0.3) is 0 Å². The van der Waals surface area contributed by atoms with E-state index >= 15 is 0 Å². The smallest absolute Gasteiger partial charge is 0.191 e. The molecule has 0 amide bonds. The highest BCUT2D eigenvalue weighted by Crippen LogP contribution is 2.15. The highest BCUT2D eigenvalue weighted by atomic mass is 16.5. The second kappa shape index (κ2) is 9.05. The molecule has 1 fully saturated rings. The predicted octanol–water partition coefficient (Wildman–Crippen LogP) is 1.52. The molecule has 152 valence electrons. The largest absolute Gasteiger partial charge is 0.375 e. The Morgan fingerprint density at radius 2 is 2.07 bits per heavy atom. The number of nitrogens with zero attached hydrogens (tertiary/aromatic N) is 5. The lowest BCUT2D eigenvalue weighted by Gasteiger charge is -2.32. The van der Waals surface area contributed by atoms with E-state index in [-0.39, 0.29) is 6.10 Å². The van der Waals surface area contributed by atoms with Crippen LogP contribution in [-0.4, -0.2) is 53.6 Å². The van der Waals surface area contributed by atoms with Crippen LogP contribution >= 0.6 is 0 Å². The number of pyridine rings is 1. The second-order valence-electron chi connectivity index (χ2n) is 7.20. The maximum Gasteiger partial charge on any atom is 0.191 e. The molecule has 2 N–H and O–H groups in total. The van der Waals surface area contributed by atoms with E-state index in [0.717, 1.165) is 48.4 Å². The van der Waals surface area contributed by atoms with E-state index < -0.39 is 0 Å². The number of ether oxygens (including phenoxy) is 1. The van der Waals surface area contributed by atoms with E-state index in [1.807, 2.05) is 24.9 Å². The van der Waals surface area contributed by atoms with Crippen molar-refractivity contribution in [1.82, 2.24) is 25.4 Å². The predicted molar refractivity (Wildman–Crippen MR) is 112 cm³/mol. The third-order valence-electron chi connectivity index (χ3n) is 5.15. The molecular formula is C20H31N7O. The number of guanidine groups is 1. The quantitative estimate of drug-likeness (QED) is 0.600. The summed E-state index contributed by atoms with van der Waals surface area (Å²) in [5, 5.41) is 11.2. The van der Waals surface area contributed by atoms with Gasteiger partial charge in [-0.2, -0.15) is 5.10 Å². The van der Waals surface area contributed by atoms with Crippen LogP contribution in [0.3, 0.4) is 0 Å². The monoisotopic (exact) mass is 385 g/mol. The van der Waals surface area contributed by atoms with Crippen LogP contribution in [0.15, 0.2) is 23.3 Å². The zero-order chi connectivity index (χ0) is 20.1. The van der Waals surface area contributed by atoms with E-state index in [4.69, 9.17) is 4.74 Å². The van der Waals surface area contributed by atoms with E-state index in [1.165, 1.54) is 5.56 Å². The van der Waals surface area contributed by atoms with Crippen molar-refractivity contribution in [1.29, 1.82) is 0 Å². The van der Waals surface area contributed by atoms with Crippen molar-refractivity contribution in [2.75, 3.05) is 31.6 Å². The van der Waals surface area contributed by atoms with Crippen molar-refractivity contribution in [3.63, 3.8) is 0 Å². The van der Waals surface area contributed by atoms with Crippen molar-refractivity contribution in [3.8, 4) is 0 Å². The highest BCUT2D eigenvalue weighted by molar-refractivity contribution is 5.79. The number of rotatable bonds is 5. The lowest BCUT2D eigenvalue weighted by atomic mass is 10.2. The topological polar surface area (TPSA) is 79.6 Å². The maximum absolute atomic E-state index is 5.60. The average Bonchev–Trinajstić information content (AvgIpc) is 2.94. The van der Waals surface area contributed by atoms with Gasteiger partial charge in [-0.3, -0.25) is 9.67 Å². The molecule has 3 heterocycles. The molecule has 8 heteroatoms. The van der Waals surface area contributed by atoms with Gasteiger partial charge in [0.25, 0.3) is 0 Å². The van der Waals surface area contributed by atoms with Crippen LogP contribution < -0.4 is 15.5 Å². The van der Waals surface area contributed by atoms with Crippen molar-refractivity contribution < 1.29 is 4.74 Å². The van der Waals surface area contributed by atoms with E-state index in [1.54, 1.807) is 7.05 Å². The molecular weight excluding hydrogens is 354 g/mol. The fourth-order valence-corrected chi connectivity index (χ4v) is 3.39. The van der Waals surface area contributed by atoms with Crippen LogP contribution in [0.5, 0.6) is 0 Å². The summed E-state index contributed by atoms with van der Waals surface area (Å²) >= 11 is 0. The Bertz CT molecular complexity index is 813. The summed E-state index contributed by atoms with van der Waals surface area (Å²) in [5.41, 5.74) is 4.52. The fraction of sp³-hybridized carbons (Fsp3) is 0.550. The third-order valence-corrected chi connectivity index (χ3v) is 5.15. The molecule has 2 aromatic rings. The third kappa shape index (κ3) is 4.81. The van der Waals surface area contributed by atoms with Gasteiger partial charge in [-0.15, -0.1) is 0 Å². The van der Waals surface area contributed by atoms with Crippen molar-refractivity contribution >= 4 is 11.8 Å². The summed E-state index contributed by atoms with van der Waals surface area (Å²) in [4.78, 5) is 11.2. The molecule has 1 aliphatic rings. The van der Waals surface area contributed by atoms with Gasteiger partial charge >= 0.3 is 0 Å². The molecule has 2 aromatic heterocycles. The first kappa shape index (κ1) is 20.1. The average molecular weight is 386 g/mol. The summed E-state index contributed by atoms with van der Waals surface area (Å²) in [7, 11) is 3.74. The SMILES string of the molecule is CN=C(NCc1ccc(N2CCOC(C)C2)nc1)NCc1c(C)nn(C)c1C. The number of morpholine rings is 1. The van der Waals surface area contributed by atoms with Crippen LogP contribution in [0.2, 0.25) is 0 Å². The highest BCUT2D eigenvalue weighted by Gasteiger charge is 2.17. The van der Waals surface area contributed by atoms with Gasteiger partial charge in [0.1, 0.15) is 5.82 Å². The molecule has 1 atom stereocenters. The van der Waals surface area contributed by atoms with Gasteiger partial charge < -0.3 is 20.3 Å². The summed E-state index contributed by atoms with van der Waals surface area (Å²) in [6.07, 6.45) is 2.17. The van der Waals surface area contributed by atoms with Crippen molar-refractivity contribution in [2.24, 2.45) is 12.0 Å². The van der Waals surface area contributed by atoms with Crippen molar-refractivity contribution in [2.45, 2.75) is 40.0 Å². The van der Waals surface area contributed by atoms with Crippen molar-refractivity contribution in [3.05, 3.63) is 40.8 Å². The van der Waals surface area contributed by atoms with Gasteiger partial charge in [0.05, 0.1) is 18.4 Å². The molecule has 0 saturated carbocycles. The molecule has 0 aromatic carbocycles. The lowest BCUT2D eigenvalue weighted by molar-refractivity contribution is 0.0529. The van der Waals surface area contributed by atoms with E-state index in [0.29, 0.717) is 13.1 Å². The van der Waals surface area contributed by atoms with Gasteiger partial charge in [0.2, 0.25) is 0 Å². The molecule has 0 radical (unpaired) electrons. The number of hydrogen-bond acceptors (Lipinski definition) is 5. The Hall–Kier alpha value is -2.61. The van der Waals surface area contributed by atoms with Gasteiger partial charge in [0, 0.05) is 57.7 Å².